The maximum absolute atomic E-state index is 5.98. The van der Waals surface area contributed by atoms with Crippen molar-refractivity contribution in [1.82, 2.24) is 9.88 Å². The van der Waals surface area contributed by atoms with Crippen molar-refractivity contribution in [2.75, 3.05) is 11.9 Å². The summed E-state index contributed by atoms with van der Waals surface area (Å²) in [4.78, 5) is 8.68. The number of nitrogens with zero attached hydrogens (tertiary/aromatic N) is 3. The summed E-state index contributed by atoms with van der Waals surface area (Å²) >= 11 is 0. The molecule has 3 heterocycles. The Labute approximate surface area is 122 Å². The van der Waals surface area contributed by atoms with Crippen molar-refractivity contribution >= 4 is 28.0 Å². The molecule has 21 heavy (non-hydrogen) atoms. The van der Waals surface area contributed by atoms with Gasteiger partial charge in [-0.3, -0.25) is 0 Å². The smallest absolute Gasteiger partial charge is 0.267 e. The monoisotopic (exact) mass is 283 g/mol. The van der Waals surface area contributed by atoms with Crippen LogP contribution >= 0.6 is 0 Å². The first-order valence-electron chi connectivity index (χ1n) is 7.04. The van der Waals surface area contributed by atoms with Crippen LogP contribution in [-0.2, 0) is 0 Å². The third kappa shape index (κ3) is 1.60. The number of fused-ring (bicyclic) bond motifs is 3. The van der Waals surface area contributed by atoms with Crippen LogP contribution in [0.5, 0.6) is 0 Å². The highest BCUT2D eigenvalue weighted by Crippen LogP contribution is 2.39. The Morgan fingerprint density at radius 2 is 1.90 bits per heavy atom. The van der Waals surface area contributed by atoms with E-state index < -0.39 is 0 Å². The Kier molecular flexibility index (Phi) is 2.37. The Morgan fingerprint density at radius 1 is 1.10 bits per heavy atom. The summed E-state index contributed by atoms with van der Waals surface area (Å²) in [7, 11) is 2.07. The highest BCUT2D eigenvalue weighted by molar-refractivity contribution is 6.06. The van der Waals surface area contributed by atoms with Gasteiger partial charge in [-0.1, -0.05) is 6.07 Å². The molecule has 0 saturated carbocycles. The second-order valence-electron chi connectivity index (χ2n) is 5.58. The lowest BCUT2D eigenvalue weighted by atomic mass is 10.1. The number of hydrogen-bond acceptors (Lipinski definition) is 5. The van der Waals surface area contributed by atoms with Crippen molar-refractivity contribution in [1.29, 1.82) is 0 Å². The first-order chi connectivity index (χ1) is 10.1. The number of rotatable bonds is 1. The average Bonchev–Trinajstić information content (AvgIpc) is 3.05. The normalized spacial score (nSPS) is 18.6. The van der Waals surface area contributed by atoms with Crippen LogP contribution in [0.2, 0.25) is 0 Å². The molecule has 2 aromatic heterocycles. The van der Waals surface area contributed by atoms with E-state index in [1.165, 1.54) is 5.56 Å². The van der Waals surface area contributed by atoms with Crippen molar-refractivity contribution < 1.29 is 8.83 Å². The average molecular weight is 283 g/mol. The van der Waals surface area contributed by atoms with Gasteiger partial charge in [0.15, 0.2) is 11.5 Å². The molecule has 0 fully saturated rings. The maximum atomic E-state index is 5.98. The van der Waals surface area contributed by atoms with E-state index >= 15 is 0 Å². The van der Waals surface area contributed by atoms with Gasteiger partial charge in [-0.15, -0.1) is 0 Å². The standard InChI is InChI=1S/C16H17N3O2/c1-9-5-6-12-14(21-16-15(12)20-10(2)17-16)13(9)19-8-7-18(4)11(19)3/h5-8,11H,1-4H3/t11-/m0/s1. The van der Waals surface area contributed by atoms with E-state index in [1.54, 1.807) is 0 Å². The molecular formula is C16H17N3O2. The lowest BCUT2D eigenvalue weighted by Gasteiger charge is -2.28. The number of furan rings is 1. The Balaban J connectivity index is 2.01. The molecule has 5 nitrogen and oxygen atoms in total. The molecule has 0 unspecified atom stereocenters. The lowest BCUT2D eigenvalue weighted by Crippen LogP contribution is -2.33. The number of aryl methyl sites for hydroxylation is 2. The van der Waals surface area contributed by atoms with Gasteiger partial charge in [-0.05, 0) is 25.5 Å². The van der Waals surface area contributed by atoms with Crippen molar-refractivity contribution in [2.24, 2.45) is 0 Å². The summed E-state index contributed by atoms with van der Waals surface area (Å²) in [5, 5.41) is 0.973. The van der Waals surface area contributed by atoms with Gasteiger partial charge in [-0.2, -0.15) is 4.98 Å². The first kappa shape index (κ1) is 12.3. The summed E-state index contributed by atoms with van der Waals surface area (Å²) in [6, 6.07) is 4.14. The zero-order chi connectivity index (χ0) is 14.7. The molecule has 0 bridgehead atoms. The topological polar surface area (TPSA) is 45.7 Å². The van der Waals surface area contributed by atoms with Gasteiger partial charge in [0, 0.05) is 26.4 Å². The van der Waals surface area contributed by atoms with Crippen molar-refractivity contribution in [3.8, 4) is 0 Å². The molecule has 0 radical (unpaired) electrons. The summed E-state index contributed by atoms with van der Waals surface area (Å²) in [5.74, 6) is 0.627. The molecule has 1 aromatic carbocycles. The highest BCUT2D eigenvalue weighted by atomic mass is 16.4. The Bertz CT molecular complexity index is 875. The van der Waals surface area contributed by atoms with Crippen LogP contribution in [0.4, 0.5) is 5.69 Å². The summed E-state index contributed by atoms with van der Waals surface area (Å²) < 4.78 is 11.7. The molecule has 1 atom stereocenters. The third-order valence-corrected chi connectivity index (χ3v) is 4.19. The van der Waals surface area contributed by atoms with Gasteiger partial charge in [-0.25, -0.2) is 0 Å². The van der Waals surface area contributed by atoms with E-state index in [4.69, 9.17) is 8.83 Å². The van der Waals surface area contributed by atoms with Crippen molar-refractivity contribution in [3.05, 3.63) is 36.0 Å². The van der Waals surface area contributed by atoms with Gasteiger partial charge in [0.2, 0.25) is 5.58 Å². The molecule has 108 valence electrons. The molecular weight excluding hydrogens is 266 g/mol. The lowest BCUT2D eigenvalue weighted by molar-refractivity contribution is 0.383. The molecule has 0 spiro atoms. The second-order valence-corrected chi connectivity index (χ2v) is 5.58. The number of hydrogen-bond donors (Lipinski definition) is 0. The largest absolute Gasteiger partial charge is 0.437 e. The van der Waals surface area contributed by atoms with E-state index in [0.29, 0.717) is 11.6 Å². The van der Waals surface area contributed by atoms with Gasteiger partial charge >= 0.3 is 0 Å². The van der Waals surface area contributed by atoms with E-state index in [0.717, 1.165) is 22.2 Å². The predicted octanol–water partition coefficient (Wildman–Crippen LogP) is 3.76. The fourth-order valence-electron chi connectivity index (χ4n) is 2.90. The maximum Gasteiger partial charge on any atom is 0.267 e. The van der Waals surface area contributed by atoms with E-state index in [-0.39, 0.29) is 6.17 Å². The molecule has 0 N–H and O–H groups in total. The highest BCUT2D eigenvalue weighted by Gasteiger charge is 2.26. The van der Waals surface area contributed by atoms with Crippen LogP contribution < -0.4 is 4.90 Å². The number of oxazole rings is 1. The number of anilines is 1. The fraction of sp³-hybridized carbons (Fsp3) is 0.312. The van der Waals surface area contributed by atoms with Gasteiger partial charge in [0.1, 0.15) is 6.17 Å². The fourth-order valence-corrected chi connectivity index (χ4v) is 2.90. The van der Waals surface area contributed by atoms with E-state index in [1.807, 2.05) is 13.0 Å². The van der Waals surface area contributed by atoms with Crippen LogP contribution in [0, 0.1) is 13.8 Å². The molecule has 0 amide bonds. The quantitative estimate of drug-likeness (QED) is 0.680. The summed E-state index contributed by atoms with van der Waals surface area (Å²) in [6.07, 6.45) is 4.40. The van der Waals surface area contributed by atoms with Crippen LogP contribution in [0.3, 0.4) is 0 Å². The molecule has 0 aliphatic carbocycles. The minimum atomic E-state index is 0.250. The SMILES string of the molecule is Cc1nc2oc3c(N4C=CN(C)[C@@H]4C)c(C)ccc3c2o1. The molecule has 0 saturated heterocycles. The molecule has 5 heteroatoms. The molecule has 1 aliphatic rings. The molecule has 4 rings (SSSR count). The van der Waals surface area contributed by atoms with E-state index in [2.05, 4.69) is 54.1 Å². The van der Waals surface area contributed by atoms with Gasteiger partial charge in [0.25, 0.3) is 5.71 Å². The molecule has 1 aliphatic heterocycles. The summed E-state index contributed by atoms with van der Waals surface area (Å²) in [6.45, 7) is 6.08. The van der Waals surface area contributed by atoms with Gasteiger partial charge < -0.3 is 18.6 Å². The number of benzene rings is 1. The van der Waals surface area contributed by atoms with E-state index in [9.17, 15) is 0 Å². The van der Waals surface area contributed by atoms with Gasteiger partial charge in [0.05, 0.1) is 11.1 Å². The van der Waals surface area contributed by atoms with Crippen molar-refractivity contribution in [2.45, 2.75) is 26.9 Å². The Morgan fingerprint density at radius 3 is 2.62 bits per heavy atom. The van der Waals surface area contributed by atoms with Crippen LogP contribution in [0.25, 0.3) is 22.3 Å². The zero-order valence-electron chi connectivity index (χ0n) is 12.5. The Hall–Kier alpha value is -2.43. The second kappa shape index (κ2) is 4.04. The van der Waals surface area contributed by atoms with Crippen LogP contribution in [0.15, 0.2) is 33.4 Å². The van der Waals surface area contributed by atoms with Crippen molar-refractivity contribution in [3.63, 3.8) is 0 Å². The minimum absolute atomic E-state index is 0.250. The third-order valence-electron chi connectivity index (χ3n) is 4.19. The van der Waals surface area contributed by atoms with Crippen LogP contribution in [-0.4, -0.2) is 23.1 Å². The van der Waals surface area contributed by atoms with Crippen LogP contribution in [0.1, 0.15) is 18.4 Å². The first-order valence-corrected chi connectivity index (χ1v) is 7.04. The summed E-state index contributed by atoms with van der Waals surface area (Å²) in [5.41, 5.74) is 4.38. The zero-order valence-corrected chi connectivity index (χ0v) is 12.5. The number of aromatic nitrogens is 1. The minimum Gasteiger partial charge on any atom is -0.437 e. The predicted molar refractivity (Wildman–Crippen MR) is 82.1 cm³/mol. The molecule has 3 aromatic rings.